The lowest BCUT2D eigenvalue weighted by molar-refractivity contribution is -0.240. The molecule has 9 nitrogen and oxygen atoms in total. The SMILES string of the molecule is CC1(C)OC[C@@H]([C@H]2[C@](C)(COCOCC[Si](C)(C)C)CC[C@H](OS(C)(=O)=O)[C@@]2(O)CO)O1. The largest absolute Gasteiger partial charge is 0.393 e. The van der Waals surface area contributed by atoms with E-state index in [0.29, 0.717) is 13.0 Å². The normalized spacial score (nSPS) is 35.8. The maximum absolute atomic E-state index is 11.8. The molecule has 0 bridgehead atoms. The van der Waals surface area contributed by atoms with Crippen LogP contribution in [0.5, 0.6) is 0 Å². The van der Waals surface area contributed by atoms with Crippen LogP contribution in [-0.4, -0.2) is 89.8 Å². The summed E-state index contributed by atoms with van der Waals surface area (Å²) in [5.74, 6) is -1.54. The van der Waals surface area contributed by atoms with Crippen molar-refractivity contribution in [3.05, 3.63) is 0 Å². The highest BCUT2D eigenvalue weighted by Crippen LogP contribution is 2.52. The van der Waals surface area contributed by atoms with Crippen molar-refractivity contribution in [3.8, 4) is 0 Å². The number of ether oxygens (including phenoxy) is 4. The van der Waals surface area contributed by atoms with Gasteiger partial charge in [0.1, 0.15) is 18.5 Å². The minimum Gasteiger partial charge on any atom is -0.393 e. The molecule has 190 valence electrons. The van der Waals surface area contributed by atoms with Crippen molar-refractivity contribution in [2.45, 2.75) is 82.9 Å². The Morgan fingerprint density at radius 3 is 2.31 bits per heavy atom. The summed E-state index contributed by atoms with van der Waals surface area (Å²) in [6, 6.07) is 1.04. The Balaban J connectivity index is 2.19. The molecule has 2 aliphatic rings. The van der Waals surface area contributed by atoms with Gasteiger partial charge in [-0.3, -0.25) is 4.18 Å². The minimum absolute atomic E-state index is 0.126. The second kappa shape index (κ2) is 10.2. The first kappa shape index (κ1) is 28.1. The van der Waals surface area contributed by atoms with E-state index in [1.165, 1.54) is 0 Å². The van der Waals surface area contributed by atoms with Crippen LogP contribution in [0.1, 0.15) is 33.6 Å². The van der Waals surface area contributed by atoms with Crippen LogP contribution in [0.2, 0.25) is 25.7 Å². The van der Waals surface area contributed by atoms with E-state index in [1.807, 2.05) is 6.92 Å². The molecule has 1 saturated heterocycles. The zero-order chi connectivity index (χ0) is 24.4. The van der Waals surface area contributed by atoms with Crippen LogP contribution in [-0.2, 0) is 33.2 Å². The molecule has 1 heterocycles. The molecule has 1 aliphatic heterocycles. The predicted octanol–water partition coefficient (Wildman–Crippen LogP) is 1.95. The van der Waals surface area contributed by atoms with E-state index in [2.05, 4.69) is 19.6 Å². The lowest BCUT2D eigenvalue weighted by Gasteiger charge is -2.54. The lowest BCUT2D eigenvalue weighted by Crippen LogP contribution is -2.66. The number of hydrogen-bond acceptors (Lipinski definition) is 9. The maximum atomic E-state index is 11.8. The molecule has 0 aromatic carbocycles. The highest BCUT2D eigenvalue weighted by molar-refractivity contribution is 7.86. The average molecular weight is 499 g/mol. The summed E-state index contributed by atoms with van der Waals surface area (Å²) in [7, 11) is -5.04. The summed E-state index contributed by atoms with van der Waals surface area (Å²) in [5, 5.41) is 21.8. The molecule has 0 aromatic heterocycles. The molecule has 1 saturated carbocycles. The van der Waals surface area contributed by atoms with E-state index < -0.39 is 59.7 Å². The molecule has 2 fully saturated rings. The molecule has 1 aliphatic carbocycles. The Kier molecular flexibility index (Phi) is 9.01. The Labute approximate surface area is 193 Å². The summed E-state index contributed by atoms with van der Waals surface area (Å²) in [6.45, 7) is 12.9. The molecule has 0 amide bonds. The summed E-state index contributed by atoms with van der Waals surface area (Å²) in [4.78, 5) is 0. The Morgan fingerprint density at radius 1 is 1.16 bits per heavy atom. The zero-order valence-electron chi connectivity index (χ0n) is 20.5. The minimum atomic E-state index is -3.84. The van der Waals surface area contributed by atoms with Crippen molar-refractivity contribution in [1.29, 1.82) is 0 Å². The second-order valence-electron chi connectivity index (χ2n) is 11.2. The van der Waals surface area contributed by atoms with Gasteiger partial charge in [0.2, 0.25) is 0 Å². The van der Waals surface area contributed by atoms with E-state index >= 15 is 0 Å². The fourth-order valence-electron chi connectivity index (χ4n) is 4.80. The third-order valence-corrected chi connectivity index (χ3v) is 8.65. The van der Waals surface area contributed by atoms with Crippen LogP contribution in [0, 0.1) is 11.3 Å². The van der Waals surface area contributed by atoms with Gasteiger partial charge < -0.3 is 29.2 Å². The predicted molar refractivity (Wildman–Crippen MR) is 122 cm³/mol. The standard InChI is InChI=1S/C21H42O9SSi/c1-19(2)28-12-16(29-19)18-20(3,14-27-15-26-10-11-32(5,6)7)9-8-17(21(18,23)13-22)30-31(4,24)25/h16-18,22-23H,8-15H2,1-7H3/t16-,17-,18-,20-,21-/m0/s1. The third-order valence-electron chi connectivity index (χ3n) is 6.37. The van der Waals surface area contributed by atoms with E-state index in [0.717, 1.165) is 12.3 Å². The maximum Gasteiger partial charge on any atom is 0.264 e. The molecule has 32 heavy (non-hydrogen) atoms. The molecule has 0 aromatic rings. The lowest BCUT2D eigenvalue weighted by atomic mass is 9.57. The number of hydrogen-bond donors (Lipinski definition) is 2. The average Bonchev–Trinajstić information content (AvgIpc) is 2.98. The van der Waals surface area contributed by atoms with Gasteiger partial charge in [-0.1, -0.05) is 26.6 Å². The Bertz CT molecular complexity index is 723. The Morgan fingerprint density at radius 2 is 1.81 bits per heavy atom. The van der Waals surface area contributed by atoms with Crippen LogP contribution in [0.4, 0.5) is 0 Å². The van der Waals surface area contributed by atoms with E-state index in [-0.39, 0.29) is 26.4 Å². The third kappa shape index (κ3) is 7.44. The summed E-state index contributed by atoms with van der Waals surface area (Å²) in [5.41, 5.74) is -2.49. The molecule has 0 spiro atoms. The van der Waals surface area contributed by atoms with Gasteiger partial charge in [-0.05, 0) is 38.1 Å². The molecule has 5 atom stereocenters. The highest BCUT2D eigenvalue weighted by atomic mass is 32.2. The molecule has 0 radical (unpaired) electrons. The summed E-state index contributed by atoms with van der Waals surface area (Å²) < 4.78 is 52.2. The van der Waals surface area contributed by atoms with Crippen LogP contribution in [0.15, 0.2) is 0 Å². The first-order valence-corrected chi connectivity index (χ1v) is 16.7. The molecule has 2 N–H and O–H groups in total. The van der Waals surface area contributed by atoms with Crippen molar-refractivity contribution >= 4 is 18.2 Å². The van der Waals surface area contributed by atoms with Gasteiger partial charge in [-0.15, -0.1) is 0 Å². The van der Waals surface area contributed by atoms with E-state index in [1.54, 1.807) is 13.8 Å². The van der Waals surface area contributed by atoms with Gasteiger partial charge in [0.15, 0.2) is 5.79 Å². The molecule has 0 unspecified atom stereocenters. The molecule has 2 rings (SSSR count). The highest BCUT2D eigenvalue weighted by Gasteiger charge is 2.61. The Hall–Kier alpha value is -0.113. The van der Waals surface area contributed by atoms with Gasteiger partial charge in [-0.25, -0.2) is 0 Å². The van der Waals surface area contributed by atoms with Gasteiger partial charge in [-0.2, -0.15) is 8.42 Å². The van der Waals surface area contributed by atoms with E-state index in [9.17, 15) is 18.6 Å². The first-order chi connectivity index (χ1) is 14.5. The number of aliphatic hydroxyl groups excluding tert-OH is 1. The van der Waals surface area contributed by atoms with Gasteiger partial charge in [0.25, 0.3) is 10.1 Å². The monoisotopic (exact) mass is 498 g/mol. The molecular weight excluding hydrogens is 456 g/mol. The van der Waals surface area contributed by atoms with Gasteiger partial charge >= 0.3 is 0 Å². The fraction of sp³-hybridized carbons (Fsp3) is 1.00. The van der Waals surface area contributed by atoms with Crippen molar-refractivity contribution < 1.29 is 41.8 Å². The molecular formula is C21H42O9SSi. The van der Waals surface area contributed by atoms with Gasteiger partial charge in [0.05, 0.1) is 32.2 Å². The van der Waals surface area contributed by atoms with Crippen LogP contribution in [0.25, 0.3) is 0 Å². The van der Waals surface area contributed by atoms with E-state index in [4.69, 9.17) is 23.1 Å². The van der Waals surface area contributed by atoms with Crippen LogP contribution < -0.4 is 0 Å². The number of rotatable bonds is 11. The molecule has 11 heteroatoms. The second-order valence-corrected chi connectivity index (χ2v) is 18.4. The van der Waals surface area contributed by atoms with Crippen LogP contribution in [0.3, 0.4) is 0 Å². The van der Waals surface area contributed by atoms with Gasteiger partial charge in [0, 0.05) is 20.6 Å². The zero-order valence-corrected chi connectivity index (χ0v) is 22.4. The first-order valence-electron chi connectivity index (χ1n) is 11.2. The number of aliphatic hydroxyl groups is 2. The van der Waals surface area contributed by atoms with Crippen molar-refractivity contribution in [2.75, 3.05) is 39.5 Å². The smallest absolute Gasteiger partial charge is 0.264 e. The van der Waals surface area contributed by atoms with Crippen molar-refractivity contribution in [2.24, 2.45) is 11.3 Å². The quantitative estimate of drug-likeness (QED) is 0.190. The van der Waals surface area contributed by atoms with Crippen LogP contribution >= 0.6 is 0 Å². The summed E-state index contributed by atoms with van der Waals surface area (Å²) in [6.07, 6.45) is 0.0196. The summed E-state index contributed by atoms with van der Waals surface area (Å²) >= 11 is 0. The van der Waals surface area contributed by atoms with Crippen molar-refractivity contribution in [3.63, 3.8) is 0 Å². The topological polar surface area (TPSA) is 121 Å². The van der Waals surface area contributed by atoms with Crippen molar-refractivity contribution in [1.82, 2.24) is 0 Å². The fourth-order valence-corrected chi connectivity index (χ4v) is 6.24.